The number of allylic oxidation sites excluding steroid dienone is 2. The van der Waals surface area contributed by atoms with Crippen molar-refractivity contribution < 1.29 is 4.74 Å². The van der Waals surface area contributed by atoms with Gasteiger partial charge < -0.3 is 10.1 Å². The van der Waals surface area contributed by atoms with Crippen LogP contribution in [0.3, 0.4) is 0 Å². The van der Waals surface area contributed by atoms with Gasteiger partial charge in [-0.2, -0.15) is 0 Å². The van der Waals surface area contributed by atoms with Gasteiger partial charge in [-0.1, -0.05) is 0 Å². The van der Waals surface area contributed by atoms with Crippen LogP contribution in [0.15, 0.2) is 10.7 Å². The van der Waals surface area contributed by atoms with E-state index in [1.165, 1.54) is 6.21 Å². The van der Waals surface area contributed by atoms with E-state index in [2.05, 4.69) is 0 Å². The lowest BCUT2D eigenvalue weighted by Crippen LogP contribution is -2.05. The van der Waals surface area contributed by atoms with Gasteiger partial charge in [-0.05, 0) is 6.92 Å². The average Bonchev–Trinajstić information content (AvgIpc) is 1.89. The minimum Gasteiger partial charge on any atom is -0.490 e. The maximum Gasteiger partial charge on any atom is 0.146 e. The van der Waals surface area contributed by atoms with Crippen LogP contribution in [0.2, 0.25) is 0 Å². The van der Waals surface area contributed by atoms with Gasteiger partial charge in [0.15, 0.2) is 0 Å². The summed E-state index contributed by atoms with van der Waals surface area (Å²) in [7, 11) is 0. The number of nitrogens with one attached hydrogen (secondary N) is 1. The van der Waals surface area contributed by atoms with Gasteiger partial charge in [-0.15, -0.1) is 11.8 Å². The van der Waals surface area contributed by atoms with E-state index in [0.717, 1.165) is 23.0 Å². The van der Waals surface area contributed by atoms with E-state index < -0.39 is 0 Å². The summed E-state index contributed by atoms with van der Waals surface area (Å²) in [6, 6.07) is 0. The molecular weight excluding hydrogens is 134 g/mol. The van der Waals surface area contributed by atoms with Crippen molar-refractivity contribution in [1.29, 1.82) is 5.41 Å². The molecule has 0 amide bonds. The van der Waals surface area contributed by atoms with Crippen LogP contribution in [0.5, 0.6) is 0 Å². The summed E-state index contributed by atoms with van der Waals surface area (Å²) in [5.41, 5.74) is 0. The van der Waals surface area contributed by atoms with E-state index in [1.54, 1.807) is 11.8 Å². The fourth-order valence-corrected chi connectivity index (χ4v) is 1.40. The molecule has 50 valence electrons. The lowest BCUT2D eigenvalue weighted by Gasteiger charge is -2.14. The molecule has 1 N–H and O–H groups in total. The quantitative estimate of drug-likeness (QED) is 0.566. The molecule has 0 saturated heterocycles. The second-order valence-corrected chi connectivity index (χ2v) is 3.07. The molecule has 0 unspecified atom stereocenters. The monoisotopic (exact) mass is 143 g/mol. The molecule has 0 aliphatic carbocycles. The Morgan fingerprint density at radius 3 is 3.00 bits per heavy atom. The first-order valence-corrected chi connectivity index (χ1v) is 3.80. The molecule has 0 aromatic carbocycles. The molecule has 0 bridgehead atoms. The third-order valence-corrected chi connectivity index (χ3v) is 2.14. The second-order valence-electron chi connectivity index (χ2n) is 1.76. The predicted octanol–water partition coefficient (Wildman–Crippen LogP) is 1.63. The summed E-state index contributed by atoms with van der Waals surface area (Å²) in [6.07, 6.45) is 1.27. The highest BCUT2D eigenvalue weighted by Gasteiger charge is 2.06. The normalized spacial score (nSPS) is 19.2. The molecule has 2 nitrogen and oxygen atoms in total. The van der Waals surface area contributed by atoms with Gasteiger partial charge in [0.25, 0.3) is 0 Å². The molecule has 0 aromatic heterocycles. The van der Waals surface area contributed by atoms with Crippen molar-refractivity contribution in [2.45, 2.75) is 6.92 Å². The molecule has 0 atom stereocenters. The Morgan fingerprint density at radius 2 is 2.56 bits per heavy atom. The molecule has 0 spiro atoms. The highest BCUT2D eigenvalue weighted by atomic mass is 32.2. The van der Waals surface area contributed by atoms with E-state index in [0.29, 0.717) is 0 Å². The first-order chi connectivity index (χ1) is 4.34. The zero-order valence-electron chi connectivity index (χ0n) is 5.31. The summed E-state index contributed by atoms with van der Waals surface area (Å²) in [5, 5.41) is 6.91. The minimum atomic E-state index is 0.728. The van der Waals surface area contributed by atoms with E-state index in [1.807, 2.05) is 6.92 Å². The molecule has 1 rings (SSSR count). The number of hydrogen-bond donors (Lipinski definition) is 1. The van der Waals surface area contributed by atoms with Crippen LogP contribution >= 0.6 is 11.8 Å². The first kappa shape index (κ1) is 6.68. The average molecular weight is 143 g/mol. The van der Waals surface area contributed by atoms with Crippen LogP contribution in [-0.2, 0) is 4.74 Å². The Bertz CT molecular complexity index is 153. The van der Waals surface area contributed by atoms with Crippen molar-refractivity contribution in [1.82, 2.24) is 0 Å². The van der Waals surface area contributed by atoms with Gasteiger partial charge in [-0.3, -0.25) is 0 Å². The second kappa shape index (κ2) is 2.92. The van der Waals surface area contributed by atoms with Gasteiger partial charge in [0.2, 0.25) is 0 Å². The van der Waals surface area contributed by atoms with Gasteiger partial charge >= 0.3 is 0 Å². The smallest absolute Gasteiger partial charge is 0.146 e. The molecule has 0 saturated carbocycles. The summed E-state index contributed by atoms with van der Waals surface area (Å²) in [4.78, 5) is 1.12. The molecule has 1 aliphatic heterocycles. The molecule has 0 fully saturated rings. The van der Waals surface area contributed by atoms with Crippen molar-refractivity contribution >= 4 is 18.0 Å². The van der Waals surface area contributed by atoms with Gasteiger partial charge in [0.1, 0.15) is 5.76 Å². The SMILES string of the molecule is CC1=C(C=N)OCCS1. The largest absolute Gasteiger partial charge is 0.490 e. The Morgan fingerprint density at radius 1 is 1.78 bits per heavy atom. The van der Waals surface area contributed by atoms with Crippen LogP contribution in [0.1, 0.15) is 6.92 Å². The summed E-state index contributed by atoms with van der Waals surface area (Å²) in [5.74, 6) is 1.75. The zero-order valence-corrected chi connectivity index (χ0v) is 6.12. The van der Waals surface area contributed by atoms with E-state index in [-0.39, 0.29) is 0 Å². The minimum absolute atomic E-state index is 0.728. The molecule has 9 heavy (non-hydrogen) atoms. The maximum atomic E-state index is 6.91. The highest BCUT2D eigenvalue weighted by molar-refractivity contribution is 8.03. The topological polar surface area (TPSA) is 33.1 Å². The van der Waals surface area contributed by atoms with E-state index in [9.17, 15) is 0 Å². The molecule has 0 radical (unpaired) electrons. The third-order valence-electron chi connectivity index (χ3n) is 1.14. The third kappa shape index (κ3) is 1.48. The van der Waals surface area contributed by atoms with Crippen molar-refractivity contribution in [3.05, 3.63) is 10.7 Å². The molecule has 1 heterocycles. The van der Waals surface area contributed by atoms with Crippen LogP contribution in [0.4, 0.5) is 0 Å². The van der Waals surface area contributed by atoms with E-state index >= 15 is 0 Å². The van der Waals surface area contributed by atoms with Crippen LogP contribution < -0.4 is 0 Å². The lowest BCUT2D eigenvalue weighted by atomic mass is 10.5. The molecule has 1 aliphatic rings. The van der Waals surface area contributed by atoms with Crippen LogP contribution in [0, 0.1) is 5.41 Å². The summed E-state index contributed by atoms with van der Waals surface area (Å²) < 4.78 is 5.16. The number of ether oxygens (including phenoxy) is 1. The van der Waals surface area contributed by atoms with E-state index in [4.69, 9.17) is 10.1 Å². The number of rotatable bonds is 1. The number of thioether (sulfide) groups is 1. The predicted molar refractivity (Wildman–Crippen MR) is 39.9 cm³/mol. The Hall–Kier alpha value is -0.440. The molecule has 0 aromatic rings. The van der Waals surface area contributed by atoms with Crippen molar-refractivity contribution in [2.24, 2.45) is 0 Å². The van der Waals surface area contributed by atoms with Crippen LogP contribution in [-0.4, -0.2) is 18.6 Å². The summed E-state index contributed by atoms with van der Waals surface area (Å²) in [6.45, 7) is 2.72. The zero-order chi connectivity index (χ0) is 6.69. The van der Waals surface area contributed by atoms with Crippen molar-refractivity contribution in [2.75, 3.05) is 12.4 Å². The lowest BCUT2D eigenvalue weighted by molar-refractivity contribution is 0.249. The van der Waals surface area contributed by atoms with Crippen LogP contribution in [0.25, 0.3) is 0 Å². The molecular formula is C6H9NOS. The fraction of sp³-hybridized carbons (Fsp3) is 0.500. The summed E-state index contributed by atoms with van der Waals surface area (Å²) >= 11 is 1.75. The Labute approximate surface area is 58.8 Å². The molecule has 3 heteroatoms. The maximum absolute atomic E-state index is 6.91. The van der Waals surface area contributed by atoms with Gasteiger partial charge in [0.05, 0.1) is 12.8 Å². The van der Waals surface area contributed by atoms with Gasteiger partial charge in [0, 0.05) is 10.7 Å². The van der Waals surface area contributed by atoms with Crippen molar-refractivity contribution in [3.63, 3.8) is 0 Å². The fourth-order valence-electron chi connectivity index (χ4n) is 0.662. The van der Waals surface area contributed by atoms with Gasteiger partial charge in [-0.25, -0.2) is 0 Å². The highest BCUT2D eigenvalue weighted by Crippen LogP contribution is 2.22. The van der Waals surface area contributed by atoms with Crippen molar-refractivity contribution in [3.8, 4) is 0 Å². The number of hydrogen-bond acceptors (Lipinski definition) is 3. The Balaban J connectivity index is 2.70. The first-order valence-electron chi connectivity index (χ1n) is 2.81. The standard InChI is InChI=1S/C6H9NOS/c1-5-6(4-7)8-2-3-9-5/h4,7H,2-3H2,1H3. The Kier molecular flexibility index (Phi) is 2.16.